The minimum absolute atomic E-state index is 0.0374. The molecule has 0 amide bonds. The Labute approximate surface area is 149 Å². The Morgan fingerprint density at radius 1 is 1.25 bits per heavy atom. The fourth-order valence-electron chi connectivity index (χ4n) is 4.75. The first-order chi connectivity index (χ1) is 11.3. The fourth-order valence-corrected chi connectivity index (χ4v) is 7.80. The number of sulfonamides is 1. The lowest BCUT2D eigenvalue weighted by Gasteiger charge is -2.36. The van der Waals surface area contributed by atoms with Crippen LogP contribution in [0.2, 0.25) is 0 Å². The van der Waals surface area contributed by atoms with Gasteiger partial charge in [0.15, 0.2) is 0 Å². The molecule has 24 heavy (non-hydrogen) atoms. The van der Waals surface area contributed by atoms with E-state index in [2.05, 4.69) is 18.6 Å². The van der Waals surface area contributed by atoms with Crippen molar-refractivity contribution in [3.8, 4) is 0 Å². The second-order valence-corrected chi connectivity index (χ2v) is 11.2. The zero-order valence-corrected chi connectivity index (χ0v) is 16.3. The third-order valence-corrected chi connectivity index (χ3v) is 9.42. The zero-order chi connectivity index (χ0) is 17.4. The summed E-state index contributed by atoms with van der Waals surface area (Å²) in [6, 6.07) is 0. The van der Waals surface area contributed by atoms with E-state index in [0.29, 0.717) is 24.1 Å². The van der Waals surface area contributed by atoms with Crippen LogP contribution in [0.25, 0.3) is 0 Å². The zero-order valence-electron chi connectivity index (χ0n) is 14.7. The molecule has 1 aliphatic heterocycles. The summed E-state index contributed by atoms with van der Waals surface area (Å²) in [4.78, 5) is 12.5. The highest BCUT2D eigenvalue weighted by Gasteiger charge is 2.65. The van der Waals surface area contributed by atoms with E-state index in [-0.39, 0.29) is 17.0 Å². The van der Waals surface area contributed by atoms with E-state index < -0.39 is 15.4 Å². The van der Waals surface area contributed by atoms with Gasteiger partial charge < -0.3 is 4.74 Å². The Balaban J connectivity index is 1.51. The third-order valence-electron chi connectivity index (χ3n) is 6.52. The maximum absolute atomic E-state index is 12.6. The first-order valence-electron chi connectivity index (χ1n) is 8.97. The smallest absolute Gasteiger partial charge is 0.212 e. The van der Waals surface area contributed by atoms with Gasteiger partial charge in [-0.3, -0.25) is 4.79 Å². The first-order valence-corrected chi connectivity index (χ1v) is 11.7. The van der Waals surface area contributed by atoms with Gasteiger partial charge in [0, 0.05) is 42.6 Å². The van der Waals surface area contributed by atoms with Crippen LogP contribution in [0.15, 0.2) is 0 Å². The fraction of sp³-hybridized carbons (Fsp3) is 0.941. The molecule has 2 atom stereocenters. The van der Waals surface area contributed by atoms with Crippen LogP contribution in [0.3, 0.4) is 0 Å². The summed E-state index contributed by atoms with van der Waals surface area (Å²) in [5.74, 6) is 1.25. The molecule has 5 nitrogen and oxygen atoms in total. The quantitative estimate of drug-likeness (QED) is 0.691. The molecular formula is C17H29NO4S2. The highest BCUT2D eigenvalue weighted by molar-refractivity contribution is 8.00. The first kappa shape index (κ1) is 18.7. The molecule has 1 saturated heterocycles. The Morgan fingerprint density at radius 2 is 1.96 bits per heavy atom. The van der Waals surface area contributed by atoms with Gasteiger partial charge in [-0.15, -0.1) is 0 Å². The number of ether oxygens (including phenoxy) is 1. The van der Waals surface area contributed by atoms with E-state index in [1.807, 2.05) is 11.8 Å². The van der Waals surface area contributed by atoms with Gasteiger partial charge in [0.1, 0.15) is 5.78 Å². The summed E-state index contributed by atoms with van der Waals surface area (Å²) in [7, 11) is -3.42. The lowest BCUT2D eigenvalue weighted by atomic mass is 9.70. The van der Waals surface area contributed by atoms with E-state index in [9.17, 15) is 13.2 Å². The predicted octanol–water partition coefficient (Wildman–Crippen LogP) is 2.21. The van der Waals surface area contributed by atoms with Gasteiger partial charge in [0.25, 0.3) is 0 Å². The van der Waals surface area contributed by atoms with Crippen molar-refractivity contribution in [2.24, 2.45) is 16.7 Å². The van der Waals surface area contributed by atoms with Crippen LogP contribution in [-0.4, -0.2) is 50.7 Å². The molecule has 2 unspecified atom stereocenters. The van der Waals surface area contributed by atoms with Crippen LogP contribution in [0.4, 0.5) is 0 Å². The minimum atomic E-state index is -3.42. The van der Waals surface area contributed by atoms with Crippen LogP contribution < -0.4 is 4.72 Å². The lowest BCUT2D eigenvalue weighted by Crippen LogP contribution is -2.45. The largest absolute Gasteiger partial charge is 0.381 e. The van der Waals surface area contributed by atoms with Gasteiger partial charge in [-0.05, 0) is 37.0 Å². The number of hydrogen-bond acceptors (Lipinski definition) is 5. The van der Waals surface area contributed by atoms with Crippen molar-refractivity contribution in [2.75, 3.05) is 31.3 Å². The number of rotatable bonds is 7. The Morgan fingerprint density at radius 3 is 2.54 bits per heavy atom. The molecule has 3 fully saturated rings. The number of carbonyl (C=O) groups excluding carboxylic acids is 1. The standard InChI is InChI=1S/C17H29NO4S2/c1-16(2)13-3-6-17(16,15(19)11-13)12-24(20,21)18-7-10-23-14-4-8-22-9-5-14/h13-14,18H,3-12H2,1-2H3. The molecule has 2 bridgehead atoms. The molecule has 2 aliphatic carbocycles. The van der Waals surface area contributed by atoms with Crippen molar-refractivity contribution >= 4 is 27.6 Å². The number of Topliss-reactive ketones (excluding diaryl/α,β-unsaturated/α-hetero) is 1. The molecule has 7 heteroatoms. The topological polar surface area (TPSA) is 72.5 Å². The average Bonchev–Trinajstić information content (AvgIpc) is 2.86. The Bertz CT molecular complexity index is 583. The van der Waals surface area contributed by atoms with Gasteiger partial charge >= 0.3 is 0 Å². The molecule has 3 rings (SSSR count). The van der Waals surface area contributed by atoms with Crippen LogP contribution in [-0.2, 0) is 19.6 Å². The summed E-state index contributed by atoms with van der Waals surface area (Å²) >= 11 is 1.82. The van der Waals surface area contributed by atoms with Gasteiger partial charge in [0.2, 0.25) is 10.0 Å². The van der Waals surface area contributed by atoms with Crippen molar-refractivity contribution in [1.82, 2.24) is 4.72 Å². The van der Waals surface area contributed by atoms with E-state index in [0.717, 1.165) is 44.6 Å². The highest BCUT2D eigenvalue weighted by atomic mass is 32.2. The van der Waals surface area contributed by atoms with Gasteiger partial charge in [-0.1, -0.05) is 13.8 Å². The molecule has 0 aromatic heterocycles. The van der Waals surface area contributed by atoms with Crippen molar-refractivity contribution < 1.29 is 17.9 Å². The maximum atomic E-state index is 12.6. The summed E-state index contributed by atoms with van der Waals surface area (Å²) in [5, 5.41) is 0.577. The molecule has 1 heterocycles. The van der Waals surface area contributed by atoms with Crippen molar-refractivity contribution in [3.05, 3.63) is 0 Å². The van der Waals surface area contributed by atoms with Gasteiger partial charge in [-0.2, -0.15) is 11.8 Å². The summed E-state index contributed by atoms with van der Waals surface area (Å²) in [6.45, 7) is 6.21. The van der Waals surface area contributed by atoms with Crippen LogP contribution >= 0.6 is 11.8 Å². The van der Waals surface area contributed by atoms with E-state index in [1.54, 1.807) is 0 Å². The van der Waals surface area contributed by atoms with Gasteiger partial charge in [-0.25, -0.2) is 13.1 Å². The number of fused-ring (bicyclic) bond motifs is 2. The highest BCUT2D eigenvalue weighted by Crippen LogP contribution is 2.64. The molecule has 0 aromatic carbocycles. The maximum Gasteiger partial charge on any atom is 0.212 e. The molecule has 138 valence electrons. The van der Waals surface area contributed by atoms with E-state index in [4.69, 9.17) is 4.74 Å². The predicted molar refractivity (Wildman–Crippen MR) is 96.7 cm³/mol. The molecular weight excluding hydrogens is 346 g/mol. The lowest BCUT2D eigenvalue weighted by molar-refractivity contribution is -0.128. The van der Waals surface area contributed by atoms with Crippen molar-refractivity contribution in [2.45, 2.75) is 51.2 Å². The normalized spacial score (nSPS) is 33.2. The molecule has 3 aliphatic rings. The second kappa shape index (κ2) is 6.89. The number of carbonyl (C=O) groups is 1. The number of ketones is 1. The molecule has 2 saturated carbocycles. The van der Waals surface area contributed by atoms with Crippen LogP contribution in [0, 0.1) is 16.7 Å². The van der Waals surface area contributed by atoms with Crippen molar-refractivity contribution in [1.29, 1.82) is 0 Å². The third kappa shape index (κ3) is 3.41. The van der Waals surface area contributed by atoms with Crippen molar-refractivity contribution in [3.63, 3.8) is 0 Å². The molecule has 0 radical (unpaired) electrons. The van der Waals surface area contributed by atoms with Gasteiger partial charge in [0.05, 0.1) is 5.75 Å². The minimum Gasteiger partial charge on any atom is -0.381 e. The summed E-state index contributed by atoms with van der Waals surface area (Å²) in [5.41, 5.74) is -0.868. The second-order valence-electron chi connectivity index (χ2n) is 8.00. The summed E-state index contributed by atoms with van der Waals surface area (Å²) in [6.07, 6.45) is 4.35. The number of nitrogens with one attached hydrogen (secondary N) is 1. The van der Waals surface area contributed by atoms with E-state index >= 15 is 0 Å². The average molecular weight is 376 g/mol. The summed E-state index contributed by atoms with van der Waals surface area (Å²) < 4.78 is 33.2. The van der Waals surface area contributed by atoms with Crippen LogP contribution in [0.5, 0.6) is 0 Å². The molecule has 0 spiro atoms. The Hall–Kier alpha value is -0.110. The number of hydrogen-bond donors (Lipinski definition) is 1. The Kier molecular flexibility index (Phi) is 5.36. The monoisotopic (exact) mass is 375 g/mol. The SMILES string of the molecule is CC1(C)C2CCC1(CS(=O)(=O)NCCSC1CCOCC1)C(=O)C2. The van der Waals surface area contributed by atoms with Crippen LogP contribution in [0.1, 0.15) is 46.0 Å². The number of thioether (sulfide) groups is 1. The van der Waals surface area contributed by atoms with E-state index in [1.165, 1.54) is 0 Å². The molecule has 0 aromatic rings. The molecule has 1 N–H and O–H groups in total.